The highest BCUT2D eigenvalue weighted by molar-refractivity contribution is 9.10. The molecule has 0 saturated carbocycles. The summed E-state index contributed by atoms with van der Waals surface area (Å²) in [5.74, 6) is 0.239. The zero-order chi connectivity index (χ0) is 17.7. The van der Waals surface area contributed by atoms with E-state index in [2.05, 4.69) is 21.2 Å². The molecule has 8 heteroatoms. The lowest BCUT2D eigenvalue weighted by molar-refractivity contribution is -0.385. The molecule has 0 atom stereocenters. The van der Waals surface area contributed by atoms with Crippen LogP contribution in [0.25, 0.3) is 0 Å². The Labute approximate surface area is 146 Å². The second kappa shape index (κ2) is 7.78. The van der Waals surface area contributed by atoms with Crippen LogP contribution >= 0.6 is 15.9 Å². The lowest BCUT2D eigenvalue weighted by atomic mass is 10.1. The van der Waals surface area contributed by atoms with E-state index in [0.29, 0.717) is 17.0 Å². The number of anilines is 1. The molecule has 2 aromatic carbocycles. The van der Waals surface area contributed by atoms with Crippen LogP contribution in [0.3, 0.4) is 0 Å². The van der Waals surface area contributed by atoms with Gasteiger partial charge < -0.3 is 14.8 Å². The molecule has 2 rings (SSSR count). The molecule has 0 aromatic heterocycles. The van der Waals surface area contributed by atoms with Crippen LogP contribution in [-0.4, -0.2) is 24.5 Å². The Morgan fingerprint density at radius 1 is 1.29 bits per heavy atom. The number of amides is 1. The molecule has 0 bridgehead atoms. The number of carbonyl (C=O) groups excluding carboxylic acids is 1. The molecule has 0 heterocycles. The van der Waals surface area contributed by atoms with Crippen LogP contribution in [0, 0.1) is 17.0 Å². The summed E-state index contributed by atoms with van der Waals surface area (Å²) in [4.78, 5) is 22.5. The van der Waals surface area contributed by atoms with Crippen LogP contribution < -0.4 is 14.8 Å². The summed E-state index contributed by atoms with van der Waals surface area (Å²) in [7, 11) is 1.33. The number of carbonyl (C=O) groups is 1. The summed E-state index contributed by atoms with van der Waals surface area (Å²) in [5.41, 5.74) is 0.826. The van der Waals surface area contributed by atoms with E-state index in [-0.39, 0.29) is 24.0 Å². The minimum absolute atomic E-state index is 0.0765. The van der Waals surface area contributed by atoms with Crippen molar-refractivity contribution in [2.24, 2.45) is 0 Å². The summed E-state index contributed by atoms with van der Waals surface area (Å²) in [6.07, 6.45) is 0. The molecule has 0 aliphatic heterocycles. The van der Waals surface area contributed by atoms with Gasteiger partial charge in [-0.15, -0.1) is 0 Å². The molecular formula is C16H15BrN2O5. The van der Waals surface area contributed by atoms with Gasteiger partial charge in [-0.2, -0.15) is 0 Å². The Morgan fingerprint density at radius 2 is 2.00 bits per heavy atom. The fourth-order valence-electron chi connectivity index (χ4n) is 2.01. The highest BCUT2D eigenvalue weighted by atomic mass is 79.9. The monoisotopic (exact) mass is 394 g/mol. The summed E-state index contributed by atoms with van der Waals surface area (Å²) in [6, 6.07) is 9.94. The zero-order valence-corrected chi connectivity index (χ0v) is 14.6. The predicted octanol–water partition coefficient (Wildman–Crippen LogP) is 3.69. The Kier molecular flexibility index (Phi) is 5.75. The second-order valence-corrected chi connectivity index (χ2v) is 5.72. The number of benzene rings is 2. The first kappa shape index (κ1) is 17.7. The minimum Gasteiger partial charge on any atom is -0.490 e. The fourth-order valence-corrected chi connectivity index (χ4v) is 2.40. The number of ether oxygens (including phenoxy) is 2. The molecule has 0 fully saturated rings. The molecule has 1 N–H and O–H groups in total. The summed E-state index contributed by atoms with van der Waals surface area (Å²) in [5, 5.41) is 13.6. The number of nitrogens with zero attached hydrogens (tertiary/aromatic N) is 1. The molecule has 0 saturated heterocycles. The van der Waals surface area contributed by atoms with Crippen molar-refractivity contribution in [1.29, 1.82) is 0 Å². The van der Waals surface area contributed by atoms with E-state index in [1.807, 2.05) is 6.07 Å². The molecule has 24 heavy (non-hydrogen) atoms. The first-order valence-electron chi connectivity index (χ1n) is 6.92. The number of nitro benzene ring substituents is 1. The van der Waals surface area contributed by atoms with E-state index in [9.17, 15) is 14.9 Å². The van der Waals surface area contributed by atoms with Crippen LogP contribution in [0.15, 0.2) is 40.9 Å². The number of rotatable bonds is 6. The van der Waals surface area contributed by atoms with Gasteiger partial charge in [0.2, 0.25) is 0 Å². The highest BCUT2D eigenvalue weighted by Crippen LogP contribution is 2.32. The third-order valence-electron chi connectivity index (χ3n) is 3.19. The van der Waals surface area contributed by atoms with Crippen molar-refractivity contribution in [3.05, 3.63) is 56.5 Å². The topological polar surface area (TPSA) is 90.7 Å². The van der Waals surface area contributed by atoms with E-state index in [1.165, 1.54) is 19.2 Å². The lowest BCUT2D eigenvalue weighted by Gasteiger charge is -2.12. The van der Waals surface area contributed by atoms with Crippen molar-refractivity contribution in [2.75, 3.05) is 19.0 Å². The number of hydrogen-bond acceptors (Lipinski definition) is 5. The van der Waals surface area contributed by atoms with E-state index in [0.717, 1.165) is 4.47 Å². The standard InChI is InChI=1S/C16H15BrN2O5/c1-10-7-13(19(21)22)15(23-2)8-12(10)18-16(20)9-24-14-6-4-3-5-11(14)17/h3-8H,9H2,1-2H3,(H,18,20). The van der Waals surface area contributed by atoms with E-state index < -0.39 is 4.92 Å². The van der Waals surface area contributed by atoms with Gasteiger partial charge in [-0.3, -0.25) is 14.9 Å². The minimum atomic E-state index is -0.534. The third kappa shape index (κ3) is 4.23. The summed E-state index contributed by atoms with van der Waals surface area (Å²) in [6.45, 7) is 1.47. The second-order valence-electron chi connectivity index (χ2n) is 4.86. The normalized spacial score (nSPS) is 10.1. The molecule has 0 aliphatic carbocycles. The van der Waals surface area contributed by atoms with Gasteiger partial charge in [-0.25, -0.2) is 0 Å². The van der Waals surface area contributed by atoms with Gasteiger partial charge in [0, 0.05) is 17.8 Å². The average Bonchev–Trinajstić information content (AvgIpc) is 2.55. The van der Waals surface area contributed by atoms with Gasteiger partial charge in [-0.1, -0.05) is 12.1 Å². The third-order valence-corrected chi connectivity index (χ3v) is 3.85. The molecule has 2 aromatic rings. The number of halogens is 1. The van der Waals surface area contributed by atoms with Crippen molar-refractivity contribution in [3.8, 4) is 11.5 Å². The van der Waals surface area contributed by atoms with Gasteiger partial charge >= 0.3 is 5.69 Å². The van der Waals surface area contributed by atoms with Crippen LogP contribution in [0.4, 0.5) is 11.4 Å². The van der Waals surface area contributed by atoms with E-state index >= 15 is 0 Å². The quantitative estimate of drug-likeness (QED) is 0.595. The Morgan fingerprint density at radius 3 is 2.62 bits per heavy atom. The summed E-state index contributed by atoms with van der Waals surface area (Å²) >= 11 is 3.33. The number of nitro groups is 1. The van der Waals surface area contributed by atoms with Crippen molar-refractivity contribution in [3.63, 3.8) is 0 Å². The maximum absolute atomic E-state index is 12.0. The largest absolute Gasteiger partial charge is 0.490 e. The molecule has 0 spiro atoms. The summed E-state index contributed by atoms with van der Waals surface area (Å²) < 4.78 is 11.2. The lowest BCUT2D eigenvalue weighted by Crippen LogP contribution is -2.20. The first-order chi connectivity index (χ1) is 11.4. The maximum atomic E-state index is 12.0. The molecule has 0 radical (unpaired) electrons. The Bertz CT molecular complexity index is 779. The molecule has 0 aliphatic rings. The highest BCUT2D eigenvalue weighted by Gasteiger charge is 2.18. The first-order valence-corrected chi connectivity index (χ1v) is 7.72. The van der Waals surface area contributed by atoms with Gasteiger partial charge in [0.05, 0.1) is 16.5 Å². The predicted molar refractivity (Wildman–Crippen MR) is 92.7 cm³/mol. The number of aryl methyl sites for hydroxylation is 1. The number of methoxy groups -OCH3 is 1. The van der Waals surface area contributed by atoms with Crippen LogP contribution in [0.5, 0.6) is 11.5 Å². The zero-order valence-electron chi connectivity index (χ0n) is 13.0. The van der Waals surface area contributed by atoms with Crippen molar-refractivity contribution >= 4 is 33.2 Å². The molecule has 1 amide bonds. The Hall–Kier alpha value is -2.61. The number of nitrogens with one attached hydrogen (secondary N) is 1. The van der Waals surface area contributed by atoms with Crippen LogP contribution in [0.2, 0.25) is 0 Å². The van der Waals surface area contributed by atoms with Crippen molar-refractivity contribution < 1.29 is 19.2 Å². The SMILES string of the molecule is COc1cc(NC(=O)COc2ccccc2Br)c(C)cc1[N+](=O)[O-]. The van der Waals surface area contributed by atoms with Crippen LogP contribution in [-0.2, 0) is 4.79 Å². The van der Waals surface area contributed by atoms with Gasteiger partial charge in [0.25, 0.3) is 5.91 Å². The van der Waals surface area contributed by atoms with Gasteiger partial charge in [0.15, 0.2) is 12.4 Å². The van der Waals surface area contributed by atoms with Crippen molar-refractivity contribution in [1.82, 2.24) is 0 Å². The smallest absolute Gasteiger partial charge is 0.311 e. The van der Waals surface area contributed by atoms with Gasteiger partial charge in [-0.05, 0) is 40.5 Å². The average molecular weight is 395 g/mol. The molecular weight excluding hydrogens is 380 g/mol. The molecule has 126 valence electrons. The van der Waals surface area contributed by atoms with Crippen molar-refractivity contribution in [2.45, 2.75) is 6.92 Å². The van der Waals surface area contributed by atoms with E-state index in [1.54, 1.807) is 25.1 Å². The number of hydrogen-bond donors (Lipinski definition) is 1. The number of para-hydroxylation sites is 1. The molecule has 7 nitrogen and oxygen atoms in total. The maximum Gasteiger partial charge on any atom is 0.311 e. The van der Waals surface area contributed by atoms with Gasteiger partial charge in [0.1, 0.15) is 5.75 Å². The van der Waals surface area contributed by atoms with E-state index in [4.69, 9.17) is 9.47 Å². The molecule has 0 unspecified atom stereocenters. The van der Waals surface area contributed by atoms with Crippen LogP contribution in [0.1, 0.15) is 5.56 Å². The Balaban J connectivity index is 2.09. The fraction of sp³-hybridized carbons (Fsp3) is 0.188.